The predicted molar refractivity (Wildman–Crippen MR) is 34.8 cm³/mol. The fourth-order valence-electron chi connectivity index (χ4n) is 0.416. The van der Waals surface area contributed by atoms with Gasteiger partial charge in [-0.05, 0) is 0 Å². The molecule has 0 aromatic heterocycles. The van der Waals surface area contributed by atoms with E-state index in [9.17, 15) is 35.5 Å². The van der Waals surface area contributed by atoms with E-state index in [-0.39, 0.29) is 0 Å². The summed E-state index contributed by atoms with van der Waals surface area (Å²) in [5.41, 5.74) is 0. The number of ether oxygens (including phenoxy) is 3. The first-order valence-electron chi connectivity index (χ1n) is 3.46. The summed E-state index contributed by atoms with van der Waals surface area (Å²) in [6.07, 6.45) is -17.2. The van der Waals surface area contributed by atoms with Crippen LogP contribution in [0.25, 0.3) is 0 Å². The Morgan fingerprint density at radius 3 is 1.71 bits per heavy atom. The van der Waals surface area contributed by atoms with Crippen molar-refractivity contribution < 1.29 is 49.7 Å². The summed E-state index contributed by atoms with van der Waals surface area (Å²) in [6, 6.07) is -3.23. The van der Waals surface area contributed by atoms with Gasteiger partial charge in [-0.1, -0.05) is 0 Å². The van der Waals surface area contributed by atoms with Crippen LogP contribution in [-0.4, -0.2) is 25.5 Å². The highest BCUT2D eigenvalue weighted by Gasteiger charge is 2.65. The minimum Gasteiger partial charge on any atom is -0.437 e. The SMILES string of the molecule is COC(=O)OC(F)(F)C(F)(F)OC(F)=C(F)F. The van der Waals surface area contributed by atoms with Crippen LogP contribution in [0.3, 0.4) is 0 Å². The molecule has 100 valence electrons. The van der Waals surface area contributed by atoms with Crippen LogP contribution in [0.5, 0.6) is 0 Å². The molecule has 4 nitrogen and oxygen atoms in total. The third-order valence-electron chi connectivity index (χ3n) is 1.08. The summed E-state index contributed by atoms with van der Waals surface area (Å²) in [4.78, 5) is 10.1. The van der Waals surface area contributed by atoms with Crippen molar-refractivity contribution in [3.8, 4) is 0 Å². The smallest absolute Gasteiger partial charge is 0.437 e. The molecule has 11 heteroatoms. The Morgan fingerprint density at radius 1 is 0.941 bits per heavy atom. The van der Waals surface area contributed by atoms with Gasteiger partial charge in [-0.2, -0.15) is 30.7 Å². The number of alkyl halides is 4. The first kappa shape index (κ1) is 15.3. The van der Waals surface area contributed by atoms with E-state index in [1.165, 1.54) is 0 Å². The molecule has 0 spiro atoms. The minimum absolute atomic E-state index is 0.513. The molecule has 0 aliphatic rings. The van der Waals surface area contributed by atoms with Gasteiger partial charge in [0, 0.05) is 0 Å². The first-order chi connectivity index (χ1) is 7.53. The Bertz CT molecular complexity index is 322. The second-order valence-corrected chi connectivity index (χ2v) is 2.23. The van der Waals surface area contributed by atoms with Gasteiger partial charge in [0.15, 0.2) is 0 Å². The first-order valence-corrected chi connectivity index (χ1v) is 3.46. The molecule has 0 aromatic rings. The molecule has 0 bridgehead atoms. The van der Waals surface area contributed by atoms with Crippen molar-refractivity contribution in [2.24, 2.45) is 0 Å². The normalized spacial score (nSPS) is 11.8. The van der Waals surface area contributed by atoms with Crippen molar-refractivity contribution in [1.29, 1.82) is 0 Å². The van der Waals surface area contributed by atoms with Crippen LogP contribution >= 0.6 is 0 Å². The van der Waals surface area contributed by atoms with Crippen molar-refractivity contribution in [3.63, 3.8) is 0 Å². The molecular formula is C6H3F7O4. The number of carbonyl (C=O) groups is 1. The van der Waals surface area contributed by atoms with Crippen LogP contribution < -0.4 is 0 Å². The molecule has 0 saturated carbocycles. The summed E-state index contributed by atoms with van der Waals surface area (Å²) in [6.45, 7) is 0. The van der Waals surface area contributed by atoms with Crippen LogP contribution in [0.15, 0.2) is 12.1 Å². The Hall–Kier alpha value is -1.68. The summed E-state index contributed by atoms with van der Waals surface area (Å²) in [5.74, 6) is 0. The van der Waals surface area contributed by atoms with E-state index >= 15 is 0 Å². The Labute approximate surface area is 88.5 Å². The molecule has 0 aromatic carbocycles. The van der Waals surface area contributed by atoms with Crippen molar-refractivity contribution in [2.75, 3.05) is 7.11 Å². The fraction of sp³-hybridized carbons (Fsp3) is 0.500. The zero-order chi connectivity index (χ0) is 13.9. The molecule has 0 aliphatic heterocycles. The van der Waals surface area contributed by atoms with Gasteiger partial charge < -0.3 is 14.2 Å². The largest absolute Gasteiger partial charge is 0.512 e. The summed E-state index contributed by atoms with van der Waals surface area (Å²) in [7, 11) is 0.513. The molecule has 0 saturated heterocycles. The molecule has 0 N–H and O–H groups in total. The molecule has 0 unspecified atom stereocenters. The Kier molecular flexibility index (Phi) is 4.60. The lowest BCUT2D eigenvalue weighted by Crippen LogP contribution is -2.46. The molecule has 0 fully saturated rings. The fourth-order valence-corrected chi connectivity index (χ4v) is 0.416. The van der Waals surface area contributed by atoms with Gasteiger partial charge in [0.25, 0.3) is 0 Å². The van der Waals surface area contributed by atoms with Gasteiger partial charge in [0.2, 0.25) is 0 Å². The number of carbonyl (C=O) groups excluding carboxylic acids is 1. The third kappa shape index (κ3) is 4.00. The lowest BCUT2D eigenvalue weighted by atomic mass is 10.6. The Balaban J connectivity index is 4.90. The highest BCUT2D eigenvalue weighted by molar-refractivity contribution is 5.60. The van der Waals surface area contributed by atoms with Crippen LogP contribution in [0, 0.1) is 0 Å². The summed E-state index contributed by atoms with van der Waals surface area (Å²) < 4.78 is 92.8. The quantitative estimate of drug-likeness (QED) is 0.448. The standard InChI is InChI=1S/C6H3F7O4/c1-15-4(14)17-6(12,13)5(10,11)16-3(9)2(7)8/h1H3. The Morgan fingerprint density at radius 2 is 1.35 bits per heavy atom. The van der Waals surface area contributed by atoms with Gasteiger partial charge in [0.1, 0.15) is 0 Å². The van der Waals surface area contributed by atoms with Gasteiger partial charge in [-0.3, -0.25) is 0 Å². The van der Waals surface area contributed by atoms with Gasteiger partial charge >= 0.3 is 30.5 Å². The van der Waals surface area contributed by atoms with Crippen LogP contribution in [-0.2, 0) is 14.2 Å². The average Bonchev–Trinajstić information content (AvgIpc) is 2.15. The predicted octanol–water partition coefficient (Wildman–Crippen LogP) is 3.01. The number of hydrogen-bond donors (Lipinski definition) is 0. The van der Waals surface area contributed by atoms with Crippen molar-refractivity contribution in [1.82, 2.24) is 0 Å². The van der Waals surface area contributed by atoms with Crippen LogP contribution in [0.1, 0.15) is 0 Å². The van der Waals surface area contributed by atoms with Crippen LogP contribution in [0.4, 0.5) is 35.5 Å². The second kappa shape index (κ2) is 5.10. The van der Waals surface area contributed by atoms with E-state index in [4.69, 9.17) is 0 Å². The lowest BCUT2D eigenvalue weighted by molar-refractivity contribution is -0.411. The maximum absolute atomic E-state index is 12.4. The highest BCUT2D eigenvalue weighted by atomic mass is 19.3. The van der Waals surface area contributed by atoms with Gasteiger partial charge in [0.05, 0.1) is 7.11 Å². The van der Waals surface area contributed by atoms with E-state index < -0.39 is 30.5 Å². The number of hydrogen-bond acceptors (Lipinski definition) is 4. The molecule has 0 radical (unpaired) electrons. The van der Waals surface area contributed by atoms with E-state index in [0.29, 0.717) is 7.11 Å². The average molecular weight is 272 g/mol. The number of methoxy groups -OCH3 is 1. The maximum Gasteiger partial charge on any atom is 0.512 e. The van der Waals surface area contributed by atoms with E-state index in [0.717, 1.165) is 0 Å². The molecular weight excluding hydrogens is 269 g/mol. The molecule has 0 amide bonds. The number of rotatable bonds is 4. The highest BCUT2D eigenvalue weighted by Crippen LogP contribution is 2.39. The third-order valence-corrected chi connectivity index (χ3v) is 1.08. The topological polar surface area (TPSA) is 44.8 Å². The van der Waals surface area contributed by atoms with Crippen molar-refractivity contribution in [2.45, 2.75) is 12.2 Å². The van der Waals surface area contributed by atoms with E-state index in [2.05, 4.69) is 14.2 Å². The van der Waals surface area contributed by atoms with E-state index in [1.54, 1.807) is 0 Å². The maximum atomic E-state index is 12.4. The number of halogens is 7. The summed E-state index contributed by atoms with van der Waals surface area (Å²) >= 11 is 0. The molecule has 17 heavy (non-hydrogen) atoms. The zero-order valence-corrected chi connectivity index (χ0v) is 7.78. The molecule has 0 heterocycles. The van der Waals surface area contributed by atoms with Crippen molar-refractivity contribution in [3.05, 3.63) is 12.1 Å². The van der Waals surface area contributed by atoms with Crippen LogP contribution in [0.2, 0.25) is 0 Å². The van der Waals surface area contributed by atoms with E-state index in [1.807, 2.05) is 0 Å². The second-order valence-electron chi connectivity index (χ2n) is 2.23. The lowest BCUT2D eigenvalue weighted by Gasteiger charge is -2.23. The van der Waals surface area contributed by atoms with Gasteiger partial charge in [-0.15, -0.1) is 0 Å². The molecule has 0 aliphatic carbocycles. The van der Waals surface area contributed by atoms with Gasteiger partial charge in [-0.25, -0.2) is 4.79 Å². The zero-order valence-electron chi connectivity index (χ0n) is 7.78. The molecule has 0 atom stereocenters. The summed E-state index contributed by atoms with van der Waals surface area (Å²) in [5, 5.41) is 0. The minimum atomic E-state index is -5.84. The molecule has 0 rings (SSSR count). The monoisotopic (exact) mass is 272 g/mol. The van der Waals surface area contributed by atoms with Crippen molar-refractivity contribution >= 4 is 6.16 Å².